The van der Waals surface area contributed by atoms with Gasteiger partial charge in [0, 0.05) is 5.69 Å². The van der Waals surface area contributed by atoms with E-state index in [9.17, 15) is 13.2 Å². The fourth-order valence-corrected chi connectivity index (χ4v) is 3.09. The van der Waals surface area contributed by atoms with Gasteiger partial charge < -0.3 is 10.1 Å². The van der Waals surface area contributed by atoms with Crippen molar-refractivity contribution in [2.24, 2.45) is 5.14 Å². The number of nitrogens with one attached hydrogen (secondary N) is 1. The van der Waals surface area contributed by atoms with Crippen LogP contribution < -0.4 is 15.2 Å². The molecule has 0 fully saturated rings. The lowest BCUT2D eigenvalue weighted by atomic mass is 10.1. The zero-order chi connectivity index (χ0) is 18.8. The van der Waals surface area contributed by atoms with Crippen molar-refractivity contribution in [3.8, 4) is 5.75 Å². The molecule has 134 valence electrons. The van der Waals surface area contributed by atoms with Gasteiger partial charge in [0.25, 0.3) is 5.91 Å². The molecule has 1 amide bonds. The highest BCUT2D eigenvalue weighted by atomic mass is 32.2. The number of aryl methyl sites for hydroxylation is 3. The van der Waals surface area contributed by atoms with Crippen molar-refractivity contribution in [1.82, 2.24) is 0 Å². The molecule has 0 aromatic heterocycles. The van der Waals surface area contributed by atoms with Gasteiger partial charge in [0.15, 0.2) is 6.61 Å². The third kappa shape index (κ3) is 4.58. The summed E-state index contributed by atoms with van der Waals surface area (Å²) in [6, 6.07) is 8.57. The second kappa shape index (κ2) is 7.25. The molecule has 0 atom stereocenters. The lowest BCUT2D eigenvalue weighted by molar-refractivity contribution is -0.118. The molecular weight excluding hydrogens is 340 g/mol. The minimum absolute atomic E-state index is 0.0402. The van der Waals surface area contributed by atoms with Gasteiger partial charge in [0.2, 0.25) is 10.0 Å². The van der Waals surface area contributed by atoms with Crippen LogP contribution in [0, 0.1) is 27.7 Å². The lowest BCUT2D eigenvalue weighted by Crippen LogP contribution is -2.22. The van der Waals surface area contributed by atoms with Gasteiger partial charge in [-0.15, -0.1) is 0 Å². The first-order chi connectivity index (χ1) is 11.6. The van der Waals surface area contributed by atoms with Crippen molar-refractivity contribution in [3.05, 3.63) is 52.6 Å². The molecular formula is C18H22N2O4S. The smallest absolute Gasteiger partial charge is 0.262 e. The molecule has 0 aliphatic heterocycles. The van der Waals surface area contributed by atoms with Gasteiger partial charge >= 0.3 is 0 Å². The van der Waals surface area contributed by atoms with E-state index in [1.54, 1.807) is 13.8 Å². The van der Waals surface area contributed by atoms with E-state index in [0.717, 1.165) is 22.3 Å². The summed E-state index contributed by atoms with van der Waals surface area (Å²) in [5.41, 5.74) is 3.77. The van der Waals surface area contributed by atoms with Gasteiger partial charge in [-0.05, 0) is 62.1 Å². The lowest BCUT2D eigenvalue weighted by Gasteiger charge is -2.14. The average molecular weight is 362 g/mol. The monoisotopic (exact) mass is 362 g/mol. The molecule has 2 aromatic rings. The molecule has 3 N–H and O–H groups in total. The SMILES string of the molecule is Cc1cc(S(N)(=O)=O)cc(NC(=O)COc2c(C)cccc2C)c1C. The maximum Gasteiger partial charge on any atom is 0.262 e. The maximum absolute atomic E-state index is 12.2. The van der Waals surface area contributed by atoms with Crippen molar-refractivity contribution in [1.29, 1.82) is 0 Å². The Morgan fingerprint density at radius 1 is 1.08 bits per heavy atom. The summed E-state index contributed by atoms with van der Waals surface area (Å²) in [7, 11) is -3.85. The second-order valence-electron chi connectivity index (χ2n) is 6.02. The molecule has 7 heteroatoms. The Morgan fingerprint density at radius 2 is 1.68 bits per heavy atom. The van der Waals surface area contributed by atoms with Crippen LogP contribution in [0.25, 0.3) is 0 Å². The number of carbonyl (C=O) groups is 1. The van der Waals surface area contributed by atoms with Crippen LogP contribution in [0.3, 0.4) is 0 Å². The van der Waals surface area contributed by atoms with Crippen molar-refractivity contribution in [2.45, 2.75) is 32.6 Å². The summed E-state index contributed by atoms with van der Waals surface area (Å²) >= 11 is 0. The minimum Gasteiger partial charge on any atom is -0.483 e. The van der Waals surface area contributed by atoms with E-state index in [2.05, 4.69) is 5.32 Å². The Labute approximate surface area is 148 Å². The number of primary sulfonamides is 1. The molecule has 0 aliphatic carbocycles. The van der Waals surface area contributed by atoms with Gasteiger partial charge in [-0.25, -0.2) is 13.6 Å². The highest BCUT2D eigenvalue weighted by Crippen LogP contribution is 2.24. The van der Waals surface area contributed by atoms with E-state index < -0.39 is 10.0 Å². The fraction of sp³-hybridized carbons (Fsp3) is 0.278. The predicted octanol–water partition coefficient (Wildman–Crippen LogP) is 2.59. The first kappa shape index (κ1) is 19.0. The van der Waals surface area contributed by atoms with Crippen molar-refractivity contribution in [3.63, 3.8) is 0 Å². The van der Waals surface area contributed by atoms with E-state index in [0.29, 0.717) is 11.4 Å². The molecule has 0 saturated heterocycles. The summed E-state index contributed by atoms with van der Waals surface area (Å²) in [5.74, 6) is 0.292. The number of nitrogens with two attached hydrogens (primary N) is 1. The third-order valence-corrected chi connectivity index (χ3v) is 4.89. The van der Waals surface area contributed by atoms with Crippen LogP contribution in [0.2, 0.25) is 0 Å². The number of hydrogen-bond acceptors (Lipinski definition) is 4. The summed E-state index contributed by atoms with van der Waals surface area (Å²) in [6.07, 6.45) is 0. The number of carbonyl (C=O) groups excluding carboxylic acids is 1. The maximum atomic E-state index is 12.2. The largest absolute Gasteiger partial charge is 0.483 e. The molecule has 2 rings (SSSR count). The molecule has 0 heterocycles. The van der Waals surface area contributed by atoms with E-state index in [4.69, 9.17) is 9.88 Å². The summed E-state index contributed by atoms with van der Waals surface area (Å²) in [6.45, 7) is 7.19. The highest BCUT2D eigenvalue weighted by molar-refractivity contribution is 7.89. The van der Waals surface area contributed by atoms with E-state index >= 15 is 0 Å². The number of anilines is 1. The van der Waals surface area contributed by atoms with E-state index in [-0.39, 0.29) is 17.4 Å². The predicted molar refractivity (Wildman–Crippen MR) is 97.3 cm³/mol. The summed E-state index contributed by atoms with van der Waals surface area (Å²) < 4.78 is 28.7. The van der Waals surface area contributed by atoms with E-state index in [1.807, 2.05) is 32.0 Å². The number of rotatable bonds is 5. The number of hydrogen-bond donors (Lipinski definition) is 2. The van der Waals surface area contributed by atoms with Crippen LogP contribution in [0.1, 0.15) is 22.3 Å². The topological polar surface area (TPSA) is 98.5 Å². The Bertz CT molecular complexity index is 901. The average Bonchev–Trinajstić information content (AvgIpc) is 2.50. The number of ether oxygens (including phenoxy) is 1. The summed E-state index contributed by atoms with van der Waals surface area (Å²) in [5, 5.41) is 7.87. The Morgan fingerprint density at radius 3 is 2.24 bits per heavy atom. The molecule has 0 unspecified atom stereocenters. The Balaban J connectivity index is 2.17. The molecule has 0 spiro atoms. The highest BCUT2D eigenvalue weighted by Gasteiger charge is 2.15. The summed E-state index contributed by atoms with van der Waals surface area (Å²) in [4.78, 5) is 12.2. The van der Waals surface area contributed by atoms with Crippen molar-refractivity contribution >= 4 is 21.6 Å². The van der Waals surface area contributed by atoms with Crippen LogP contribution in [0.15, 0.2) is 35.2 Å². The van der Waals surface area contributed by atoms with E-state index in [1.165, 1.54) is 12.1 Å². The number of benzene rings is 2. The Hall–Kier alpha value is -2.38. The number of sulfonamides is 1. The molecule has 25 heavy (non-hydrogen) atoms. The van der Waals surface area contributed by atoms with Crippen molar-refractivity contribution < 1.29 is 17.9 Å². The Kier molecular flexibility index (Phi) is 5.49. The molecule has 2 aromatic carbocycles. The van der Waals surface area contributed by atoms with Gasteiger partial charge in [0.1, 0.15) is 5.75 Å². The normalized spacial score (nSPS) is 11.2. The van der Waals surface area contributed by atoms with Gasteiger partial charge in [-0.1, -0.05) is 18.2 Å². The standard InChI is InChI=1S/C18H22N2O4S/c1-11-6-5-7-12(2)18(11)24-10-17(21)20-16-9-15(25(19,22)23)8-13(3)14(16)4/h5-9H,10H2,1-4H3,(H,20,21)(H2,19,22,23). The van der Waals surface area contributed by atoms with Gasteiger partial charge in [-0.3, -0.25) is 4.79 Å². The van der Waals surface area contributed by atoms with Crippen LogP contribution in [-0.4, -0.2) is 20.9 Å². The first-order valence-corrected chi connectivity index (χ1v) is 9.27. The molecule has 6 nitrogen and oxygen atoms in total. The molecule has 0 saturated carbocycles. The van der Waals surface area contributed by atoms with Crippen molar-refractivity contribution in [2.75, 3.05) is 11.9 Å². The third-order valence-electron chi connectivity index (χ3n) is 4.00. The quantitative estimate of drug-likeness (QED) is 0.854. The van der Waals surface area contributed by atoms with Gasteiger partial charge in [0.05, 0.1) is 4.90 Å². The first-order valence-electron chi connectivity index (χ1n) is 7.72. The van der Waals surface area contributed by atoms with Crippen LogP contribution >= 0.6 is 0 Å². The molecule has 0 aliphatic rings. The number of amides is 1. The van der Waals surface area contributed by atoms with Crippen LogP contribution in [-0.2, 0) is 14.8 Å². The fourth-order valence-electron chi connectivity index (χ4n) is 2.47. The zero-order valence-corrected chi connectivity index (χ0v) is 15.5. The van der Waals surface area contributed by atoms with Crippen LogP contribution in [0.4, 0.5) is 5.69 Å². The molecule has 0 radical (unpaired) electrons. The minimum atomic E-state index is -3.85. The van der Waals surface area contributed by atoms with Crippen LogP contribution in [0.5, 0.6) is 5.75 Å². The number of para-hydroxylation sites is 1. The molecule has 0 bridgehead atoms. The second-order valence-corrected chi connectivity index (χ2v) is 7.58. The zero-order valence-electron chi connectivity index (χ0n) is 14.7. The van der Waals surface area contributed by atoms with Gasteiger partial charge in [-0.2, -0.15) is 0 Å².